The molecule has 2 aromatic rings. The molecule has 3 heterocycles. The molecule has 1 aliphatic heterocycles. The van der Waals surface area contributed by atoms with Crippen molar-refractivity contribution in [1.82, 2.24) is 14.9 Å². The summed E-state index contributed by atoms with van der Waals surface area (Å²) < 4.78 is 0. The van der Waals surface area contributed by atoms with Crippen molar-refractivity contribution in [2.75, 3.05) is 42.9 Å². The Labute approximate surface area is 127 Å². The van der Waals surface area contributed by atoms with E-state index in [0.717, 1.165) is 61.1 Å². The summed E-state index contributed by atoms with van der Waals surface area (Å²) in [6.45, 7) is 8.00. The summed E-state index contributed by atoms with van der Waals surface area (Å²) in [7, 11) is 0. The summed E-state index contributed by atoms with van der Waals surface area (Å²) in [6.07, 6.45) is 0.911. The molecule has 112 valence electrons. The molecule has 1 aliphatic rings. The monoisotopic (exact) mass is 305 g/mol. The average molecular weight is 305 g/mol. The van der Waals surface area contributed by atoms with E-state index in [4.69, 9.17) is 9.97 Å². The lowest BCUT2D eigenvalue weighted by Crippen LogP contribution is -2.46. The first-order valence-corrected chi connectivity index (χ1v) is 8.05. The molecule has 21 heavy (non-hydrogen) atoms. The Morgan fingerprint density at radius 1 is 1.33 bits per heavy atom. The minimum atomic E-state index is 0.727. The van der Waals surface area contributed by atoms with Gasteiger partial charge in [0.15, 0.2) is 0 Å². The van der Waals surface area contributed by atoms with Crippen molar-refractivity contribution in [3.8, 4) is 0 Å². The van der Waals surface area contributed by atoms with Gasteiger partial charge in [-0.15, -0.1) is 11.3 Å². The number of anilines is 2. The van der Waals surface area contributed by atoms with E-state index in [-0.39, 0.29) is 0 Å². The predicted molar refractivity (Wildman–Crippen MR) is 86.2 cm³/mol. The highest BCUT2D eigenvalue weighted by molar-refractivity contribution is 7.17. The second-order valence-corrected chi connectivity index (χ2v) is 5.99. The first-order valence-electron chi connectivity index (χ1n) is 7.17. The van der Waals surface area contributed by atoms with Crippen LogP contribution < -0.4 is 10.2 Å². The fourth-order valence-corrected chi connectivity index (χ4v) is 3.45. The van der Waals surface area contributed by atoms with Gasteiger partial charge in [-0.25, -0.2) is 4.98 Å². The lowest BCUT2D eigenvalue weighted by atomic mass is 10.2. The second kappa shape index (κ2) is 5.85. The summed E-state index contributed by atoms with van der Waals surface area (Å²) in [5.41, 5.74) is 1.21. The number of hydrogen-bond acceptors (Lipinski definition) is 6. The number of aryl methyl sites for hydroxylation is 1. The van der Waals surface area contributed by atoms with E-state index in [1.165, 1.54) is 5.56 Å². The van der Waals surface area contributed by atoms with Gasteiger partial charge in [0.2, 0.25) is 12.4 Å². The molecule has 2 aromatic heterocycles. The third-order valence-electron chi connectivity index (χ3n) is 3.70. The number of hydrogen-bond donors (Lipinski definition) is 1. The van der Waals surface area contributed by atoms with Gasteiger partial charge >= 0.3 is 0 Å². The Hall–Kier alpha value is -1.89. The summed E-state index contributed by atoms with van der Waals surface area (Å²) >= 11 is 1.65. The largest absolute Gasteiger partial charge is 0.370 e. The zero-order valence-corrected chi connectivity index (χ0v) is 13.1. The van der Waals surface area contributed by atoms with Crippen molar-refractivity contribution in [3.05, 3.63) is 10.9 Å². The van der Waals surface area contributed by atoms with Crippen molar-refractivity contribution >= 4 is 39.7 Å². The number of thiophene rings is 1. The molecule has 1 N–H and O–H groups in total. The highest BCUT2D eigenvalue weighted by Gasteiger charge is 2.20. The highest BCUT2D eigenvalue weighted by atomic mass is 32.1. The first kappa shape index (κ1) is 14.1. The predicted octanol–water partition coefficient (Wildman–Crippen LogP) is 1.71. The van der Waals surface area contributed by atoms with E-state index >= 15 is 0 Å². The Morgan fingerprint density at radius 2 is 2.10 bits per heavy atom. The van der Waals surface area contributed by atoms with E-state index < -0.39 is 0 Å². The molecule has 1 amide bonds. The molecule has 0 atom stereocenters. The number of carbonyl (C=O) groups is 1. The zero-order valence-electron chi connectivity index (χ0n) is 12.3. The average Bonchev–Trinajstić information content (AvgIpc) is 2.89. The van der Waals surface area contributed by atoms with Crippen LogP contribution in [0.25, 0.3) is 10.2 Å². The highest BCUT2D eigenvalue weighted by Crippen LogP contribution is 2.31. The smallest absolute Gasteiger partial charge is 0.228 e. The molecule has 0 bridgehead atoms. The van der Waals surface area contributed by atoms with Gasteiger partial charge in [0.1, 0.15) is 10.6 Å². The maximum atomic E-state index is 10.8. The van der Waals surface area contributed by atoms with Crippen molar-refractivity contribution in [3.63, 3.8) is 0 Å². The van der Waals surface area contributed by atoms with Crippen LogP contribution in [0, 0.1) is 6.92 Å². The van der Waals surface area contributed by atoms with E-state index in [2.05, 4.69) is 29.4 Å². The third-order valence-corrected chi connectivity index (χ3v) is 4.69. The number of nitrogens with one attached hydrogen (secondary N) is 1. The van der Waals surface area contributed by atoms with Gasteiger partial charge < -0.3 is 15.1 Å². The van der Waals surface area contributed by atoms with Gasteiger partial charge in [0, 0.05) is 32.7 Å². The maximum Gasteiger partial charge on any atom is 0.228 e. The number of fused-ring (bicyclic) bond motifs is 1. The number of aromatic nitrogens is 2. The molecule has 1 saturated heterocycles. The molecular weight excluding hydrogens is 286 g/mol. The van der Waals surface area contributed by atoms with Gasteiger partial charge in [-0.3, -0.25) is 4.79 Å². The van der Waals surface area contributed by atoms with E-state index in [1.54, 1.807) is 16.2 Å². The number of nitrogens with zero attached hydrogens (tertiary/aromatic N) is 4. The summed E-state index contributed by atoms with van der Waals surface area (Å²) in [6, 6.07) is 0. The molecule has 1 fully saturated rings. The summed E-state index contributed by atoms with van der Waals surface area (Å²) in [4.78, 5) is 25.1. The van der Waals surface area contributed by atoms with E-state index in [1.807, 2.05) is 0 Å². The van der Waals surface area contributed by atoms with Gasteiger partial charge in [-0.1, -0.05) is 0 Å². The lowest BCUT2D eigenvalue weighted by Gasteiger charge is -2.32. The molecule has 6 nitrogen and oxygen atoms in total. The summed E-state index contributed by atoms with van der Waals surface area (Å²) in [5.74, 6) is 1.67. The Bertz CT molecular complexity index is 648. The summed E-state index contributed by atoms with van der Waals surface area (Å²) in [5, 5.41) is 6.58. The zero-order chi connectivity index (χ0) is 14.8. The maximum absolute atomic E-state index is 10.8. The van der Waals surface area contributed by atoms with Crippen LogP contribution in [0.15, 0.2) is 5.38 Å². The number of rotatable bonds is 4. The lowest BCUT2D eigenvalue weighted by molar-refractivity contribution is -0.118. The van der Waals surface area contributed by atoms with Crippen LogP contribution >= 0.6 is 11.3 Å². The van der Waals surface area contributed by atoms with Gasteiger partial charge in [-0.2, -0.15) is 4.98 Å². The molecular formula is C14H19N5OS. The molecule has 7 heteroatoms. The molecule has 0 saturated carbocycles. The van der Waals surface area contributed by atoms with Crippen molar-refractivity contribution in [2.24, 2.45) is 0 Å². The Morgan fingerprint density at radius 3 is 2.76 bits per heavy atom. The van der Waals surface area contributed by atoms with E-state index in [0.29, 0.717) is 0 Å². The Balaban J connectivity index is 1.94. The van der Waals surface area contributed by atoms with Crippen LogP contribution in [-0.2, 0) is 4.79 Å². The van der Waals surface area contributed by atoms with Crippen LogP contribution in [0.1, 0.15) is 12.5 Å². The van der Waals surface area contributed by atoms with Crippen LogP contribution in [0.3, 0.4) is 0 Å². The molecule has 3 rings (SSSR count). The van der Waals surface area contributed by atoms with Crippen molar-refractivity contribution in [2.45, 2.75) is 13.8 Å². The standard InChI is InChI=1S/C14H19N5OS/c1-3-15-12-11-10(2)8-21-13(11)17-14(16-12)19-6-4-18(9-20)5-7-19/h8-9H,3-7H2,1-2H3,(H,15,16,17). The number of carbonyl (C=O) groups excluding carboxylic acids is 1. The molecule has 0 unspecified atom stereocenters. The first-order chi connectivity index (χ1) is 10.2. The number of piperazine rings is 1. The van der Waals surface area contributed by atoms with Crippen LogP contribution in [0.5, 0.6) is 0 Å². The number of amides is 1. The van der Waals surface area contributed by atoms with Gasteiger partial charge in [0.05, 0.1) is 5.39 Å². The molecule has 0 spiro atoms. The fourth-order valence-electron chi connectivity index (χ4n) is 2.54. The minimum absolute atomic E-state index is 0.727. The SMILES string of the molecule is CCNc1nc(N2CCN(C=O)CC2)nc2scc(C)c12. The Kier molecular flexibility index (Phi) is 3.92. The quantitative estimate of drug-likeness (QED) is 0.871. The molecule has 0 radical (unpaired) electrons. The fraction of sp³-hybridized carbons (Fsp3) is 0.500. The molecule has 0 aromatic carbocycles. The van der Waals surface area contributed by atoms with Crippen LogP contribution in [-0.4, -0.2) is 54.0 Å². The topological polar surface area (TPSA) is 61.4 Å². The van der Waals surface area contributed by atoms with Crippen molar-refractivity contribution in [1.29, 1.82) is 0 Å². The van der Waals surface area contributed by atoms with Crippen LogP contribution in [0.2, 0.25) is 0 Å². The normalized spacial score (nSPS) is 15.5. The van der Waals surface area contributed by atoms with Gasteiger partial charge in [0.25, 0.3) is 0 Å². The van der Waals surface area contributed by atoms with Crippen LogP contribution in [0.4, 0.5) is 11.8 Å². The molecule has 0 aliphatic carbocycles. The second-order valence-electron chi connectivity index (χ2n) is 5.13. The van der Waals surface area contributed by atoms with Gasteiger partial charge in [-0.05, 0) is 24.8 Å². The third kappa shape index (κ3) is 2.65. The minimum Gasteiger partial charge on any atom is -0.370 e. The van der Waals surface area contributed by atoms with E-state index in [9.17, 15) is 4.79 Å². The van der Waals surface area contributed by atoms with Crippen molar-refractivity contribution < 1.29 is 4.79 Å².